The molecule has 0 amide bonds. The molecule has 25 heavy (non-hydrogen) atoms. The highest BCUT2D eigenvalue weighted by atomic mass is 19.1. The van der Waals surface area contributed by atoms with Crippen LogP contribution in [-0.2, 0) is 13.0 Å². The van der Waals surface area contributed by atoms with Crippen LogP contribution in [-0.4, -0.2) is 36.1 Å². The Kier molecular flexibility index (Phi) is 4.69. The Hall–Kier alpha value is -3.29. The molecule has 0 saturated carbocycles. The standard InChI is InChI=1S/C17H16FN5O2/c1-2-12-9-23(8-11-4-3-5-13(18)6-11)10-14(12)15(24)7-16(25)17-19-21-22-20-17/h3-7,9-10,25H,2,8H2,1H3,(H,19,20,21,22). The number of allylic oxidation sites excluding steroid dienone is 1. The lowest BCUT2D eigenvalue weighted by Crippen LogP contribution is -2.00. The van der Waals surface area contributed by atoms with Gasteiger partial charge in [-0.3, -0.25) is 4.79 Å². The van der Waals surface area contributed by atoms with E-state index in [2.05, 4.69) is 20.6 Å². The molecule has 0 aliphatic rings. The monoisotopic (exact) mass is 341 g/mol. The maximum Gasteiger partial charge on any atom is 0.239 e. The highest BCUT2D eigenvalue weighted by Gasteiger charge is 2.15. The topological polar surface area (TPSA) is 96.7 Å². The van der Waals surface area contributed by atoms with Crippen molar-refractivity contribution in [1.29, 1.82) is 0 Å². The molecule has 3 rings (SSSR count). The number of aliphatic hydroxyl groups is 1. The van der Waals surface area contributed by atoms with Gasteiger partial charge in [0.15, 0.2) is 11.5 Å². The van der Waals surface area contributed by atoms with E-state index in [0.29, 0.717) is 18.5 Å². The maximum absolute atomic E-state index is 13.3. The van der Waals surface area contributed by atoms with E-state index in [9.17, 15) is 14.3 Å². The van der Waals surface area contributed by atoms with E-state index < -0.39 is 0 Å². The average Bonchev–Trinajstić information content (AvgIpc) is 3.24. The van der Waals surface area contributed by atoms with E-state index in [1.807, 2.05) is 23.8 Å². The molecule has 0 aliphatic heterocycles. The van der Waals surface area contributed by atoms with E-state index >= 15 is 0 Å². The normalized spacial score (nSPS) is 11.7. The highest BCUT2D eigenvalue weighted by molar-refractivity contribution is 6.08. The molecule has 0 unspecified atom stereocenters. The summed E-state index contributed by atoms with van der Waals surface area (Å²) < 4.78 is 15.1. The Morgan fingerprint density at radius 2 is 2.24 bits per heavy atom. The molecular formula is C17H16FN5O2. The molecule has 7 nitrogen and oxygen atoms in total. The minimum atomic E-state index is -0.364. The van der Waals surface area contributed by atoms with E-state index in [4.69, 9.17) is 0 Å². The van der Waals surface area contributed by atoms with Gasteiger partial charge in [-0.05, 0) is 34.9 Å². The SMILES string of the molecule is CCc1cn(Cc2cccc(F)c2)cc1C(=O)C=C(O)c1nn[nH]n1. The van der Waals surface area contributed by atoms with Crippen LogP contribution < -0.4 is 0 Å². The van der Waals surface area contributed by atoms with Crippen LogP contribution in [0.2, 0.25) is 0 Å². The number of hydrogen-bond donors (Lipinski definition) is 2. The van der Waals surface area contributed by atoms with Gasteiger partial charge in [0.1, 0.15) is 5.82 Å². The number of benzene rings is 1. The van der Waals surface area contributed by atoms with Crippen molar-refractivity contribution in [2.24, 2.45) is 0 Å². The van der Waals surface area contributed by atoms with Gasteiger partial charge in [-0.2, -0.15) is 5.21 Å². The minimum Gasteiger partial charge on any atom is -0.504 e. The molecule has 2 aromatic heterocycles. The van der Waals surface area contributed by atoms with Gasteiger partial charge in [0, 0.05) is 30.6 Å². The van der Waals surface area contributed by atoms with E-state index in [1.165, 1.54) is 12.1 Å². The Morgan fingerprint density at radius 3 is 2.92 bits per heavy atom. The van der Waals surface area contributed by atoms with Crippen LogP contribution >= 0.6 is 0 Å². The molecule has 0 aliphatic carbocycles. The van der Waals surface area contributed by atoms with Crippen LogP contribution in [0.5, 0.6) is 0 Å². The van der Waals surface area contributed by atoms with Crippen LogP contribution in [0.3, 0.4) is 0 Å². The maximum atomic E-state index is 13.3. The fourth-order valence-corrected chi connectivity index (χ4v) is 2.53. The number of hydrogen-bond acceptors (Lipinski definition) is 5. The minimum absolute atomic E-state index is 0.0504. The van der Waals surface area contributed by atoms with Crippen molar-refractivity contribution in [1.82, 2.24) is 25.2 Å². The van der Waals surface area contributed by atoms with Crippen LogP contribution in [0.4, 0.5) is 4.39 Å². The third kappa shape index (κ3) is 3.79. The first-order valence-electron chi connectivity index (χ1n) is 7.68. The van der Waals surface area contributed by atoms with Crippen LogP contribution in [0, 0.1) is 5.82 Å². The number of rotatable bonds is 6. The summed E-state index contributed by atoms with van der Waals surface area (Å²) in [5, 5.41) is 22.7. The number of aromatic nitrogens is 5. The van der Waals surface area contributed by atoms with Crippen LogP contribution in [0.1, 0.15) is 34.2 Å². The molecule has 1 aromatic carbocycles. The summed E-state index contributed by atoms with van der Waals surface area (Å²) >= 11 is 0. The van der Waals surface area contributed by atoms with Gasteiger partial charge >= 0.3 is 0 Å². The van der Waals surface area contributed by atoms with Crippen molar-refractivity contribution >= 4 is 11.5 Å². The van der Waals surface area contributed by atoms with Crippen LogP contribution in [0.15, 0.2) is 42.7 Å². The number of H-pyrrole nitrogens is 1. The first-order valence-corrected chi connectivity index (χ1v) is 7.68. The lowest BCUT2D eigenvalue weighted by molar-refractivity contribution is 0.104. The zero-order valence-electron chi connectivity index (χ0n) is 13.5. The summed E-state index contributed by atoms with van der Waals surface area (Å²) in [5.41, 5.74) is 2.09. The Labute approximate surface area is 142 Å². The molecule has 0 atom stereocenters. The van der Waals surface area contributed by atoms with Gasteiger partial charge < -0.3 is 9.67 Å². The summed E-state index contributed by atoms with van der Waals surface area (Å²) in [6, 6.07) is 6.30. The van der Waals surface area contributed by atoms with Gasteiger partial charge in [0.05, 0.1) is 0 Å². The Balaban J connectivity index is 1.85. The second-order valence-electron chi connectivity index (χ2n) is 5.48. The number of aliphatic hydroxyl groups excluding tert-OH is 1. The van der Waals surface area contributed by atoms with Crippen molar-refractivity contribution in [2.45, 2.75) is 19.9 Å². The number of carbonyl (C=O) groups excluding carboxylic acids is 1. The number of aryl methyl sites for hydroxylation is 1. The van der Waals surface area contributed by atoms with Gasteiger partial charge in [-0.1, -0.05) is 19.1 Å². The lowest BCUT2D eigenvalue weighted by Gasteiger charge is -2.03. The Morgan fingerprint density at radius 1 is 1.40 bits per heavy atom. The first kappa shape index (κ1) is 16.6. The summed E-state index contributed by atoms with van der Waals surface area (Å²) in [7, 11) is 0. The number of ketones is 1. The molecule has 8 heteroatoms. The third-order valence-corrected chi connectivity index (χ3v) is 3.71. The molecule has 0 saturated heterocycles. The largest absolute Gasteiger partial charge is 0.504 e. The van der Waals surface area contributed by atoms with Crippen molar-refractivity contribution in [3.05, 3.63) is 71.1 Å². The van der Waals surface area contributed by atoms with Gasteiger partial charge in [0.25, 0.3) is 0 Å². The smallest absolute Gasteiger partial charge is 0.239 e. The number of halogens is 1. The molecule has 2 N–H and O–H groups in total. The first-order chi connectivity index (χ1) is 12.1. The summed E-state index contributed by atoms with van der Waals surface area (Å²) in [4.78, 5) is 12.5. The van der Waals surface area contributed by atoms with Crippen LogP contribution in [0.25, 0.3) is 5.76 Å². The molecule has 2 heterocycles. The average molecular weight is 341 g/mol. The van der Waals surface area contributed by atoms with Crippen molar-refractivity contribution < 1.29 is 14.3 Å². The summed E-state index contributed by atoms with van der Waals surface area (Å²) in [5.74, 6) is -1.08. The van der Waals surface area contributed by atoms with Gasteiger partial charge in [-0.25, -0.2) is 4.39 Å². The molecule has 3 aromatic rings. The highest BCUT2D eigenvalue weighted by Crippen LogP contribution is 2.17. The zero-order valence-corrected chi connectivity index (χ0v) is 13.5. The predicted molar refractivity (Wildman–Crippen MR) is 88.4 cm³/mol. The molecule has 0 fully saturated rings. The van der Waals surface area contributed by atoms with E-state index in [1.54, 1.807) is 12.3 Å². The number of nitrogens with one attached hydrogen (secondary N) is 1. The van der Waals surface area contributed by atoms with E-state index in [-0.39, 0.29) is 23.2 Å². The molecule has 0 bridgehead atoms. The fraction of sp³-hybridized carbons (Fsp3) is 0.176. The molecule has 0 radical (unpaired) electrons. The zero-order chi connectivity index (χ0) is 17.8. The fourth-order valence-electron chi connectivity index (χ4n) is 2.53. The van der Waals surface area contributed by atoms with Gasteiger partial charge in [0.2, 0.25) is 5.82 Å². The predicted octanol–water partition coefficient (Wildman–Crippen LogP) is 2.53. The van der Waals surface area contributed by atoms with Crippen molar-refractivity contribution in [3.63, 3.8) is 0 Å². The quantitative estimate of drug-likeness (QED) is 0.408. The second-order valence-corrected chi connectivity index (χ2v) is 5.48. The molecular weight excluding hydrogens is 325 g/mol. The van der Waals surface area contributed by atoms with E-state index in [0.717, 1.165) is 17.2 Å². The summed E-state index contributed by atoms with van der Waals surface area (Å²) in [6.07, 6.45) is 5.24. The summed E-state index contributed by atoms with van der Waals surface area (Å²) in [6.45, 7) is 2.37. The Bertz CT molecular complexity index is 915. The third-order valence-electron chi connectivity index (χ3n) is 3.71. The van der Waals surface area contributed by atoms with Gasteiger partial charge in [-0.15, -0.1) is 10.2 Å². The lowest BCUT2D eigenvalue weighted by atomic mass is 10.1. The second kappa shape index (κ2) is 7.08. The molecule has 128 valence electrons. The molecule has 0 spiro atoms. The van der Waals surface area contributed by atoms with Crippen molar-refractivity contribution in [3.8, 4) is 0 Å². The number of aromatic amines is 1. The number of tetrazole rings is 1. The van der Waals surface area contributed by atoms with Crippen molar-refractivity contribution in [2.75, 3.05) is 0 Å². The number of nitrogens with zero attached hydrogens (tertiary/aromatic N) is 4. The number of carbonyl (C=O) groups is 1.